The van der Waals surface area contributed by atoms with Crippen molar-refractivity contribution in [2.24, 2.45) is 0 Å². The van der Waals surface area contributed by atoms with Crippen LogP contribution in [0.25, 0.3) is 0 Å². The Hall–Kier alpha value is -4.40. The quantitative estimate of drug-likeness (QED) is 0.331. The maximum Gasteiger partial charge on any atom is 0.259 e. The SMILES string of the molecule is CCOc1ccccc1N(C(=O)c1ccc2c(c1)OCCO2)[C@@H](C(=O)NC1CCCCC1)c1cc(OC)ccc1OC. The fourth-order valence-corrected chi connectivity index (χ4v) is 5.59. The smallest absolute Gasteiger partial charge is 0.259 e. The van der Waals surface area contributed by atoms with E-state index in [1.807, 2.05) is 19.1 Å². The van der Waals surface area contributed by atoms with Gasteiger partial charge in [-0.3, -0.25) is 14.5 Å². The van der Waals surface area contributed by atoms with Gasteiger partial charge in [-0.1, -0.05) is 31.4 Å². The molecule has 1 saturated carbocycles. The first-order valence-corrected chi connectivity index (χ1v) is 14.5. The molecule has 2 aliphatic rings. The zero-order valence-electron chi connectivity index (χ0n) is 24.4. The number of methoxy groups -OCH3 is 2. The van der Waals surface area contributed by atoms with Gasteiger partial charge in [0.25, 0.3) is 5.91 Å². The number of ether oxygens (including phenoxy) is 5. The Morgan fingerprint density at radius 1 is 0.905 bits per heavy atom. The van der Waals surface area contributed by atoms with Crippen LogP contribution in [0.2, 0.25) is 0 Å². The Morgan fingerprint density at radius 2 is 1.67 bits per heavy atom. The number of nitrogens with one attached hydrogen (secondary N) is 1. The van der Waals surface area contributed by atoms with E-state index in [1.54, 1.807) is 62.8 Å². The molecular formula is C33H38N2O7. The molecule has 5 rings (SSSR count). The van der Waals surface area contributed by atoms with Crippen molar-refractivity contribution >= 4 is 17.5 Å². The van der Waals surface area contributed by atoms with Crippen molar-refractivity contribution in [1.82, 2.24) is 5.32 Å². The average molecular weight is 575 g/mol. The van der Waals surface area contributed by atoms with Crippen LogP contribution in [0.15, 0.2) is 60.7 Å². The summed E-state index contributed by atoms with van der Waals surface area (Å²) >= 11 is 0. The highest BCUT2D eigenvalue weighted by Crippen LogP contribution is 2.41. The topological polar surface area (TPSA) is 95.6 Å². The Kier molecular flexibility index (Phi) is 9.36. The summed E-state index contributed by atoms with van der Waals surface area (Å²) < 4.78 is 28.7. The van der Waals surface area contributed by atoms with Gasteiger partial charge in [0, 0.05) is 17.2 Å². The molecule has 1 aliphatic heterocycles. The predicted molar refractivity (Wildman–Crippen MR) is 159 cm³/mol. The summed E-state index contributed by atoms with van der Waals surface area (Å²) in [6, 6.07) is 16.5. The van der Waals surface area contributed by atoms with Crippen molar-refractivity contribution in [3.63, 3.8) is 0 Å². The third kappa shape index (κ3) is 6.25. The van der Waals surface area contributed by atoms with Gasteiger partial charge in [-0.05, 0) is 68.3 Å². The lowest BCUT2D eigenvalue weighted by Crippen LogP contribution is -2.47. The fraction of sp³-hybridized carbons (Fsp3) is 0.394. The van der Waals surface area contributed by atoms with Gasteiger partial charge in [0.05, 0.1) is 26.5 Å². The van der Waals surface area contributed by atoms with Crippen molar-refractivity contribution in [3.05, 3.63) is 71.8 Å². The maximum absolute atomic E-state index is 14.7. The number of fused-ring (bicyclic) bond motifs is 1. The molecule has 1 aliphatic carbocycles. The highest BCUT2D eigenvalue weighted by molar-refractivity contribution is 6.11. The molecule has 1 N–H and O–H groups in total. The molecule has 3 aromatic rings. The van der Waals surface area contributed by atoms with Crippen molar-refractivity contribution in [2.45, 2.75) is 51.1 Å². The molecule has 9 heteroatoms. The first-order valence-electron chi connectivity index (χ1n) is 14.5. The number of benzene rings is 3. The van der Waals surface area contributed by atoms with E-state index in [1.165, 1.54) is 4.90 Å². The Morgan fingerprint density at radius 3 is 2.40 bits per heavy atom. The van der Waals surface area contributed by atoms with Crippen LogP contribution >= 0.6 is 0 Å². The van der Waals surface area contributed by atoms with Crippen LogP contribution < -0.4 is 33.9 Å². The molecule has 3 aromatic carbocycles. The minimum Gasteiger partial charge on any atom is -0.497 e. The second-order valence-electron chi connectivity index (χ2n) is 10.3. The Bertz CT molecular complexity index is 1400. The molecule has 222 valence electrons. The molecule has 2 amide bonds. The first kappa shape index (κ1) is 29.1. The zero-order chi connectivity index (χ0) is 29.5. The number of para-hydroxylation sites is 2. The lowest BCUT2D eigenvalue weighted by atomic mass is 9.94. The summed E-state index contributed by atoms with van der Waals surface area (Å²) in [6.07, 6.45) is 5.02. The lowest BCUT2D eigenvalue weighted by molar-refractivity contribution is -0.123. The molecule has 1 fully saturated rings. The van der Waals surface area contributed by atoms with Crippen LogP contribution in [0.5, 0.6) is 28.7 Å². The zero-order valence-corrected chi connectivity index (χ0v) is 24.4. The predicted octanol–water partition coefficient (Wildman–Crippen LogP) is 5.71. The first-order chi connectivity index (χ1) is 20.5. The van der Waals surface area contributed by atoms with Gasteiger partial charge in [-0.2, -0.15) is 0 Å². The van der Waals surface area contributed by atoms with E-state index < -0.39 is 11.9 Å². The third-order valence-corrected chi connectivity index (χ3v) is 7.62. The van der Waals surface area contributed by atoms with E-state index in [0.29, 0.717) is 65.4 Å². The molecule has 0 unspecified atom stereocenters. The second kappa shape index (κ2) is 13.5. The summed E-state index contributed by atoms with van der Waals surface area (Å²) in [6.45, 7) is 3.08. The van der Waals surface area contributed by atoms with Crippen LogP contribution in [0.4, 0.5) is 5.69 Å². The summed E-state index contributed by atoms with van der Waals surface area (Å²) in [5.74, 6) is 1.79. The van der Waals surface area contributed by atoms with Gasteiger partial charge < -0.3 is 29.0 Å². The van der Waals surface area contributed by atoms with Crippen molar-refractivity contribution < 1.29 is 33.3 Å². The highest BCUT2D eigenvalue weighted by Gasteiger charge is 2.38. The number of nitrogens with zero attached hydrogens (tertiary/aromatic N) is 1. The van der Waals surface area contributed by atoms with Crippen LogP contribution in [0.3, 0.4) is 0 Å². The molecule has 0 radical (unpaired) electrons. The van der Waals surface area contributed by atoms with Gasteiger partial charge in [0.15, 0.2) is 11.5 Å². The minimum atomic E-state index is -1.11. The van der Waals surface area contributed by atoms with Gasteiger partial charge in [-0.25, -0.2) is 0 Å². The van der Waals surface area contributed by atoms with E-state index in [-0.39, 0.29) is 11.9 Å². The standard InChI is InChI=1S/C33H38N2O7/c1-4-40-28-13-9-8-12-26(28)35(33(37)22-14-16-29-30(20-22)42-19-18-41-29)31(32(36)34-23-10-6-5-7-11-23)25-21-24(38-2)15-17-27(25)39-3/h8-9,12-17,20-21,23,31H,4-7,10-11,18-19H2,1-3H3,(H,34,36)/t31-/m1/s1. The van der Waals surface area contributed by atoms with Crippen molar-refractivity contribution in [1.29, 1.82) is 0 Å². The Labute approximate surface area is 246 Å². The van der Waals surface area contributed by atoms with Gasteiger partial charge >= 0.3 is 0 Å². The normalized spacial score (nSPS) is 15.3. The highest BCUT2D eigenvalue weighted by atomic mass is 16.6. The van der Waals surface area contributed by atoms with Crippen LogP contribution in [0, 0.1) is 0 Å². The largest absolute Gasteiger partial charge is 0.497 e. The van der Waals surface area contributed by atoms with E-state index >= 15 is 0 Å². The molecule has 1 atom stereocenters. The summed E-state index contributed by atoms with van der Waals surface area (Å²) in [7, 11) is 3.10. The van der Waals surface area contributed by atoms with Crippen LogP contribution in [-0.2, 0) is 4.79 Å². The maximum atomic E-state index is 14.7. The second-order valence-corrected chi connectivity index (χ2v) is 10.3. The summed E-state index contributed by atoms with van der Waals surface area (Å²) in [5.41, 5.74) is 1.28. The Balaban J connectivity index is 1.69. The number of hydrogen-bond acceptors (Lipinski definition) is 7. The number of hydrogen-bond donors (Lipinski definition) is 1. The van der Waals surface area contributed by atoms with Crippen molar-refractivity contribution in [2.75, 3.05) is 38.9 Å². The van der Waals surface area contributed by atoms with E-state index in [2.05, 4.69) is 5.32 Å². The molecule has 0 spiro atoms. The van der Waals surface area contributed by atoms with Crippen LogP contribution in [-0.4, -0.2) is 51.9 Å². The molecular weight excluding hydrogens is 536 g/mol. The van der Waals surface area contributed by atoms with Gasteiger partial charge in [0.1, 0.15) is 36.5 Å². The van der Waals surface area contributed by atoms with Crippen molar-refractivity contribution in [3.8, 4) is 28.7 Å². The fourth-order valence-electron chi connectivity index (χ4n) is 5.59. The number of anilines is 1. The lowest BCUT2D eigenvalue weighted by Gasteiger charge is -2.35. The molecule has 0 saturated heterocycles. The molecule has 42 heavy (non-hydrogen) atoms. The average Bonchev–Trinajstić information content (AvgIpc) is 3.03. The number of rotatable bonds is 10. The van der Waals surface area contributed by atoms with E-state index in [4.69, 9.17) is 23.7 Å². The van der Waals surface area contributed by atoms with E-state index in [9.17, 15) is 9.59 Å². The van der Waals surface area contributed by atoms with E-state index in [0.717, 1.165) is 32.1 Å². The van der Waals surface area contributed by atoms with Gasteiger partial charge in [-0.15, -0.1) is 0 Å². The number of carbonyl (C=O) groups excluding carboxylic acids is 2. The molecule has 0 bridgehead atoms. The monoisotopic (exact) mass is 574 g/mol. The molecule has 1 heterocycles. The van der Waals surface area contributed by atoms with Crippen LogP contribution in [0.1, 0.15) is 61.0 Å². The summed E-state index contributed by atoms with van der Waals surface area (Å²) in [4.78, 5) is 30.6. The third-order valence-electron chi connectivity index (χ3n) is 7.62. The molecule has 9 nitrogen and oxygen atoms in total. The van der Waals surface area contributed by atoms with Gasteiger partial charge in [0.2, 0.25) is 5.91 Å². The number of carbonyl (C=O) groups is 2. The molecule has 0 aromatic heterocycles. The minimum absolute atomic E-state index is 0.0127. The number of amides is 2. The summed E-state index contributed by atoms with van der Waals surface area (Å²) in [5, 5.41) is 3.25.